The van der Waals surface area contributed by atoms with Crippen molar-refractivity contribution in [2.45, 2.75) is 13.0 Å². The van der Waals surface area contributed by atoms with Gasteiger partial charge in [-0.15, -0.1) is 23.7 Å². The molecule has 1 fully saturated rings. The van der Waals surface area contributed by atoms with Gasteiger partial charge in [0, 0.05) is 24.3 Å². The number of thiophene rings is 1. The number of hydrogen-bond donors (Lipinski definition) is 1. The Hall–Kier alpha value is -1.54. The summed E-state index contributed by atoms with van der Waals surface area (Å²) in [5, 5.41) is 8.41. The lowest BCUT2D eigenvalue weighted by Crippen LogP contribution is -2.44. The van der Waals surface area contributed by atoms with Gasteiger partial charge in [0.25, 0.3) is 5.89 Å². The molecule has 1 unspecified atom stereocenters. The maximum Gasteiger partial charge on any atom is 0.268 e. The molecule has 2 aromatic heterocycles. The van der Waals surface area contributed by atoms with Gasteiger partial charge in [-0.3, -0.25) is 4.90 Å². The minimum Gasteiger partial charge on any atom is -0.333 e. The molecule has 5 nitrogen and oxygen atoms in total. The molecule has 4 rings (SSSR count). The van der Waals surface area contributed by atoms with Gasteiger partial charge in [-0.05, 0) is 43.1 Å². The third-order valence-electron chi connectivity index (χ3n) is 4.34. The van der Waals surface area contributed by atoms with Crippen LogP contribution in [0.5, 0.6) is 0 Å². The van der Waals surface area contributed by atoms with Crippen LogP contribution in [0.3, 0.4) is 0 Å². The zero-order chi connectivity index (χ0) is 16.0. The maximum absolute atomic E-state index is 13.5. The Morgan fingerprint density at radius 1 is 1.42 bits per heavy atom. The van der Waals surface area contributed by atoms with Gasteiger partial charge in [0.05, 0.1) is 10.9 Å². The van der Waals surface area contributed by atoms with Crippen LogP contribution in [0.2, 0.25) is 0 Å². The van der Waals surface area contributed by atoms with E-state index in [9.17, 15) is 4.39 Å². The van der Waals surface area contributed by atoms with E-state index in [4.69, 9.17) is 4.52 Å². The highest BCUT2D eigenvalue weighted by atomic mass is 35.5. The number of halogens is 2. The average molecular weight is 369 g/mol. The van der Waals surface area contributed by atoms with Gasteiger partial charge in [0.1, 0.15) is 5.82 Å². The van der Waals surface area contributed by atoms with Crippen molar-refractivity contribution in [3.8, 4) is 10.8 Å². The van der Waals surface area contributed by atoms with E-state index in [1.165, 1.54) is 6.07 Å². The molecule has 0 radical (unpaired) electrons. The van der Waals surface area contributed by atoms with Crippen LogP contribution in [0.1, 0.15) is 17.4 Å². The highest BCUT2D eigenvalue weighted by Crippen LogP contribution is 2.38. The quantitative estimate of drug-likeness (QED) is 0.751. The first kappa shape index (κ1) is 17.3. The van der Waals surface area contributed by atoms with Gasteiger partial charge in [0.15, 0.2) is 5.82 Å². The molecule has 3 heterocycles. The van der Waals surface area contributed by atoms with E-state index >= 15 is 0 Å². The summed E-state index contributed by atoms with van der Waals surface area (Å²) >= 11 is 1.55. The molecule has 0 spiro atoms. The second-order valence-electron chi connectivity index (χ2n) is 5.85. The fourth-order valence-corrected chi connectivity index (χ4v) is 4.07. The molecule has 8 heteroatoms. The molecule has 1 aliphatic rings. The molecule has 1 N–H and O–H groups in total. The second-order valence-corrected chi connectivity index (χ2v) is 6.91. The van der Waals surface area contributed by atoms with Crippen molar-refractivity contribution < 1.29 is 8.91 Å². The molecule has 128 valence electrons. The van der Waals surface area contributed by atoms with Crippen LogP contribution in [0.4, 0.5) is 4.39 Å². The second kappa shape index (κ2) is 6.76. The predicted octanol–water partition coefficient (Wildman–Crippen LogP) is 3.40. The van der Waals surface area contributed by atoms with Crippen LogP contribution in [0.25, 0.3) is 20.9 Å². The number of aromatic nitrogens is 2. The molecule has 0 bridgehead atoms. The minimum absolute atomic E-state index is 0. The average Bonchev–Trinajstić information content (AvgIpc) is 3.13. The number of rotatable bonds is 2. The molecule has 1 aromatic carbocycles. The predicted molar refractivity (Wildman–Crippen MR) is 95.3 cm³/mol. The third-order valence-corrected chi connectivity index (χ3v) is 5.60. The Bertz CT molecular complexity index is 865. The van der Waals surface area contributed by atoms with Crippen LogP contribution < -0.4 is 5.32 Å². The van der Waals surface area contributed by atoms with E-state index in [0.717, 1.165) is 40.2 Å². The van der Waals surface area contributed by atoms with Crippen molar-refractivity contribution in [2.75, 3.05) is 26.7 Å². The van der Waals surface area contributed by atoms with E-state index in [0.29, 0.717) is 11.7 Å². The van der Waals surface area contributed by atoms with Crippen molar-refractivity contribution in [3.63, 3.8) is 0 Å². The normalized spacial score (nSPS) is 18.7. The van der Waals surface area contributed by atoms with Crippen LogP contribution in [0.15, 0.2) is 22.7 Å². The minimum atomic E-state index is -0.230. The molecule has 0 aliphatic carbocycles. The number of nitrogens with one attached hydrogen (secondary N) is 1. The first-order chi connectivity index (χ1) is 11.1. The standard InChI is InChI=1S/C16H17FN4OS.ClH/c1-9-11-7-10(17)3-4-13(11)23-14(9)16-19-15(20-22-16)12-8-18-5-6-21(12)2;/h3-4,7,12,18H,5-6,8H2,1-2H3;1H. The lowest BCUT2D eigenvalue weighted by Gasteiger charge is -2.30. The number of nitrogens with zero attached hydrogens (tertiary/aromatic N) is 3. The molecule has 1 saturated heterocycles. The Kier molecular flexibility index (Phi) is 4.87. The first-order valence-corrected chi connectivity index (χ1v) is 8.38. The smallest absolute Gasteiger partial charge is 0.268 e. The van der Waals surface area contributed by atoms with Gasteiger partial charge in [-0.1, -0.05) is 5.16 Å². The van der Waals surface area contributed by atoms with Crippen LogP contribution in [-0.4, -0.2) is 41.7 Å². The number of likely N-dealkylation sites (N-methyl/N-ethyl adjacent to an activating group) is 1. The monoisotopic (exact) mass is 368 g/mol. The SMILES string of the molecule is Cc1c(-c2nc(C3CNCCN3C)no2)sc2ccc(F)cc12.Cl. The van der Waals surface area contributed by atoms with Gasteiger partial charge < -0.3 is 9.84 Å². The first-order valence-electron chi connectivity index (χ1n) is 7.57. The number of benzene rings is 1. The van der Waals surface area contributed by atoms with Crippen molar-refractivity contribution >= 4 is 33.8 Å². The van der Waals surface area contributed by atoms with E-state index in [2.05, 4.69) is 27.4 Å². The van der Waals surface area contributed by atoms with Crippen molar-refractivity contribution in [1.29, 1.82) is 0 Å². The van der Waals surface area contributed by atoms with Gasteiger partial charge in [-0.2, -0.15) is 4.98 Å². The zero-order valence-electron chi connectivity index (χ0n) is 13.4. The van der Waals surface area contributed by atoms with Gasteiger partial charge >= 0.3 is 0 Å². The summed E-state index contributed by atoms with van der Waals surface area (Å²) in [6, 6.07) is 4.94. The molecular formula is C16H18ClFN4OS. The zero-order valence-corrected chi connectivity index (χ0v) is 15.0. The largest absolute Gasteiger partial charge is 0.333 e. The van der Waals surface area contributed by atoms with Crippen LogP contribution in [-0.2, 0) is 0 Å². The Labute approximate surface area is 149 Å². The molecule has 0 amide bonds. The summed E-state index contributed by atoms with van der Waals surface area (Å²) in [7, 11) is 2.06. The topological polar surface area (TPSA) is 54.2 Å². The highest BCUT2D eigenvalue weighted by Gasteiger charge is 2.26. The molecule has 1 atom stereocenters. The van der Waals surface area contributed by atoms with E-state index in [-0.39, 0.29) is 24.3 Å². The summed E-state index contributed by atoms with van der Waals surface area (Å²) in [6.07, 6.45) is 0. The van der Waals surface area contributed by atoms with E-state index in [1.54, 1.807) is 23.5 Å². The highest BCUT2D eigenvalue weighted by molar-refractivity contribution is 7.22. The summed E-state index contributed by atoms with van der Waals surface area (Å²) in [4.78, 5) is 7.72. The number of piperazine rings is 1. The third kappa shape index (κ3) is 2.93. The van der Waals surface area contributed by atoms with Crippen LogP contribution in [0, 0.1) is 12.7 Å². The number of fused-ring (bicyclic) bond motifs is 1. The Morgan fingerprint density at radius 3 is 3.04 bits per heavy atom. The van der Waals surface area contributed by atoms with E-state index < -0.39 is 0 Å². The lowest BCUT2D eigenvalue weighted by atomic mass is 10.1. The van der Waals surface area contributed by atoms with Gasteiger partial charge in [0.2, 0.25) is 0 Å². The van der Waals surface area contributed by atoms with Crippen LogP contribution >= 0.6 is 23.7 Å². The molecule has 3 aromatic rings. The van der Waals surface area contributed by atoms with Crippen molar-refractivity contribution in [2.24, 2.45) is 0 Å². The Balaban J connectivity index is 0.00000169. The molecule has 0 saturated carbocycles. The molecular weight excluding hydrogens is 351 g/mol. The van der Waals surface area contributed by atoms with Gasteiger partial charge in [-0.25, -0.2) is 4.39 Å². The fraction of sp³-hybridized carbons (Fsp3) is 0.375. The summed E-state index contributed by atoms with van der Waals surface area (Å²) in [5.41, 5.74) is 0.981. The summed E-state index contributed by atoms with van der Waals surface area (Å²) < 4.78 is 20.0. The van der Waals surface area contributed by atoms with E-state index in [1.807, 2.05) is 6.92 Å². The lowest BCUT2D eigenvalue weighted by molar-refractivity contribution is 0.190. The fourth-order valence-electron chi connectivity index (χ4n) is 2.95. The molecule has 24 heavy (non-hydrogen) atoms. The Morgan fingerprint density at radius 2 is 2.25 bits per heavy atom. The van der Waals surface area contributed by atoms with Crippen molar-refractivity contribution in [3.05, 3.63) is 35.4 Å². The number of hydrogen-bond acceptors (Lipinski definition) is 6. The summed E-state index contributed by atoms with van der Waals surface area (Å²) in [5.74, 6) is 0.974. The molecule has 1 aliphatic heterocycles. The summed E-state index contributed by atoms with van der Waals surface area (Å²) in [6.45, 7) is 4.70. The maximum atomic E-state index is 13.5. The van der Waals surface area contributed by atoms with Crippen molar-refractivity contribution in [1.82, 2.24) is 20.4 Å². The number of aryl methyl sites for hydroxylation is 1.